The van der Waals surface area contributed by atoms with Crippen molar-refractivity contribution < 1.29 is 34.7 Å². The van der Waals surface area contributed by atoms with E-state index in [0.29, 0.717) is 12.2 Å². The molecule has 9 nitrogen and oxygen atoms in total. The molecule has 272 valence electrons. The van der Waals surface area contributed by atoms with E-state index in [0.717, 1.165) is 74.7 Å². The Bertz CT molecular complexity index is 1710. The summed E-state index contributed by atoms with van der Waals surface area (Å²) in [5.74, 6) is -0.419. The molecular weight excluding hydrogens is 644 g/mol. The Morgan fingerprint density at radius 1 is 0.961 bits per heavy atom. The first-order chi connectivity index (χ1) is 24.8. The number of hydrogen-bond donors (Lipinski definition) is 6. The first-order valence-electron chi connectivity index (χ1n) is 18.8. The van der Waals surface area contributed by atoms with Gasteiger partial charge in [-0.25, -0.2) is 0 Å². The van der Waals surface area contributed by atoms with Gasteiger partial charge in [0.25, 0.3) is 0 Å². The minimum atomic E-state index is -0.956. The molecule has 0 amide bonds. The maximum atomic E-state index is 13.5. The van der Waals surface area contributed by atoms with Gasteiger partial charge in [0.1, 0.15) is 18.6 Å². The number of fused-ring (bicyclic) bond motifs is 2. The van der Waals surface area contributed by atoms with Crippen molar-refractivity contribution in [3.8, 4) is 28.7 Å². The van der Waals surface area contributed by atoms with E-state index in [2.05, 4.69) is 47.8 Å². The van der Waals surface area contributed by atoms with Gasteiger partial charge in [0.15, 0.2) is 23.0 Å². The van der Waals surface area contributed by atoms with Crippen LogP contribution in [-0.2, 0) is 16.6 Å². The Morgan fingerprint density at radius 3 is 2.47 bits per heavy atom. The van der Waals surface area contributed by atoms with Crippen LogP contribution in [0.1, 0.15) is 98.3 Å². The van der Waals surface area contributed by atoms with Gasteiger partial charge in [-0.3, -0.25) is 10.5 Å². The minimum absolute atomic E-state index is 0.00861. The van der Waals surface area contributed by atoms with Crippen LogP contribution in [0.2, 0.25) is 0 Å². The number of aliphatic hydroxyl groups excluding tert-OH is 1. The fraction of sp³-hybridized carbons (Fsp3) is 0.500. The maximum absolute atomic E-state index is 13.5. The Kier molecular flexibility index (Phi) is 10.6. The molecule has 5 unspecified atom stereocenters. The largest absolute Gasteiger partial charge is 0.504 e. The summed E-state index contributed by atoms with van der Waals surface area (Å²) >= 11 is 0. The number of piperidine rings is 1. The van der Waals surface area contributed by atoms with Crippen molar-refractivity contribution in [2.75, 3.05) is 19.8 Å². The number of phenols is 3. The molecule has 51 heavy (non-hydrogen) atoms. The number of aliphatic hydroxyl groups is 1. The summed E-state index contributed by atoms with van der Waals surface area (Å²) < 4.78 is 11.9. The van der Waals surface area contributed by atoms with Crippen molar-refractivity contribution in [3.63, 3.8) is 0 Å². The fourth-order valence-corrected chi connectivity index (χ4v) is 9.75. The highest BCUT2D eigenvalue weighted by atomic mass is 16.5. The van der Waals surface area contributed by atoms with Gasteiger partial charge in [-0.1, -0.05) is 67.8 Å². The smallest absolute Gasteiger partial charge is 0.200 e. The number of allylic oxidation sites excluding steroid dienone is 1. The van der Waals surface area contributed by atoms with Crippen LogP contribution in [0.5, 0.6) is 28.7 Å². The lowest BCUT2D eigenvalue weighted by Gasteiger charge is -2.52. The van der Waals surface area contributed by atoms with Gasteiger partial charge >= 0.3 is 0 Å². The van der Waals surface area contributed by atoms with Crippen LogP contribution >= 0.6 is 0 Å². The van der Waals surface area contributed by atoms with E-state index in [1.807, 2.05) is 0 Å². The number of ketones is 1. The Balaban J connectivity index is 1.24. The normalized spacial score (nSPS) is 24.7. The number of phenolic OH excluding ortho intramolecular Hbond substituents is 3. The van der Waals surface area contributed by atoms with Crippen molar-refractivity contribution in [1.29, 1.82) is 0 Å². The van der Waals surface area contributed by atoms with Crippen LogP contribution in [0, 0.1) is 11.8 Å². The van der Waals surface area contributed by atoms with Crippen LogP contribution in [0.3, 0.4) is 0 Å². The zero-order valence-electron chi connectivity index (χ0n) is 29.3. The van der Waals surface area contributed by atoms with E-state index in [9.17, 15) is 25.2 Å². The Morgan fingerprint density at radius 2 is 1.73 bits per heavy atom. The number of carbonyl (C=O) groups excluding carboxylic acids is 1. The molecule has 9 heteroatoms. The lowest BCUT2D eigenvalue weighted by molar-refractivity contribution is -0.121. The van der Waals surface area contributed by atoms with E-state index in [1.165, 1.54) is 18.1 Å². The van der Waals surface area contributed by atoms with Gasteiger partial charge < -0.3 is 35.2 Å². The first kappa shape index (κ1) is 35.4. The third kappa shape index (κ3) is 7.08. The summed E-state index contributed by atoms with van der Waals surface area (Å²) in [5.41, 5.74) is 9.33. The van der Waals surface area contributed by atoms with Gasteiger partial charge in [-0.05, 0) is 104 Å². The molecule has 1 saturated heterocycles. The van der Waals surface area contributed by atoms with Crippen LogP contribution in [-0.4, -0.2) is 58.2 Å². The third-order valence-electron chi connectivity index (χ3n) is 12.2. The maximum Gasteiger partial charge on any atom is 0.200 e. The van der Waals surface area contributed by atoms with Crippen LogP contribution in [0.15, 0.2) is 66.7 Å². The highest BCUT2D eigenvalue weighted by molar-refractivity contribution is 5.79. The van der Waals surface area contributed by atoms with E-state index in [1.54, 1.807) is 18.2 Å². The lowest BCUT2D eigenvalue weighted by Crippen LogP contribution is -2.46. The number of nitrogens with one attached hydrogen (secondary N) is 1. The van der Waals surface area contributed by atoms with Gasteiger partial charge in [-0.15, -0.1) is 0 Å². The summed E-state index contributed by atoms with van der Waals surface area (Å²) in [7, 11) is 0. The summed E-state index contributed by atoms with van der Waals surface area (Å²) in [4.78, 5) is 13.5. The zero-order chi connectivity index (χ0) is 35.5. The number of Topliss-reactive ketones (excluding diaryl/α,β-unsaturated/α-hetero) is 1. The zero-order valence-corrected chi connectivity index (χ0v) is 29.3. The number of aromatic hydroxyl groups is 3. The van der Waals surface area contributed by atoms with E-state index >= 15 is 0 Å². The molecule has 3 aromatic carbocycles. The van der Waals surface area contributed by atoms with Gasteiger partial charge in [0, 0.05) is 30.2 Å². The highest BCUT2D eigenvalue weighted by Gasteiger charge is 2.53. The molecule has 7 N–H and O–H groups in total. The molecule has 5 atom stereocenters. The van der Waals surface area contributed by atoms with Crippen LogP contribution in [0.4, 0.5) is 0 Å². The second-order valence-corrected chi connectivity index (χ2v) is 15.1. The molecule has 0 aromatic heterocycles. The molecule has 4 aliphatic carbocycles. The second kappa shape index (κ2) is 15.3. The molecule has 1 aliphatic heterocycles. The molecule has 3 aromatic rings. The predicted molar refractivity (Wildman–Crippen MR) is 195 cm³/mol. The Hall–Kier alpha value is -4.05. The predicted octanol–water partition coefficient (Wildman–Crippen LogP) is 6.46. The van der Waals surface area contributed by atoms with E-state index in [4.69, 9.17) is 15.2 Å². The molecule has 8 rings (SSSR count). The summed E-state index contributed by atoms with van der Waals surface area (Å²) in [5, 5.41) is 48.1. The summed E-state index contributed by atoms with van der Waals surface area (Å²) in [6.45, 7) is 1.59. The first-order valence-corrected chi connectivity index (χ1v) is 18.8. The van der Waals surface area contributed by atoms with Crippen molar-refractivity contribution in [3.05, 3.63) is 89.0 Å². The number of benzene rings is 3. The van der Waals surface area contributed by atoms with Crippen molar-refractivity contribution in [2.24, 2.45) is 17.6 Å². The molecule has 5 aliphatic rings. The van der Waals surface area contributed by atoms with Crippen molar-refractivity contribution in [1.82, 2.24) is 5.32 Å². The quantitative estimate of drug-likeness (QED) is 0.0712. The van der Waals surface area contributed by atoms with Crippen LogP contribution in [0.25, 0.3) is 0 Å². The topological polar surface area (TPSA) is 154 Å². The van der Waals surface area contributed by atoms with Crippen molar-refractivity contribution in [2.45, 2.75) is 100 Å². The summed E-state index contributed by atoms with van der Waals surface area (Å²) in [6, 6.07) is 17.5. The number of ether oxygens (including phenoxy) is 2. The van der Waals surface area contributed by atoms with Gasteiger partial charge in [0.05, 0.1) is 6.10 Å². The SMILES string of the molecule is NCOc1cc(CCC(=O)CC(O)C2C=CC3CC(C4(c5ccccc5)CCCCC4)C2c2cc(O)c(O)c(OC4CCNCC4)c23)ccc1O. The lowest BCUT2D eigenvalue weighted by atomic mass is 9.52. The molecule has 2 bridgehead atoms. The number of carbonyl (C=O) groups is 1. The number of aryl methyl sites for hydroxylation is 1. The Labute approximate surface area is 300 Å². The van der Waals surface area contributed by atoms with E-state index < -0.39 is 6.10 Å². The molecule has 0 spiro atoms. The summed E-state index contributed by atoms with van der Waals surface area (Å²) in [6.07, 6.45) is 11.8. The van der Waals surface area contributed by atoms with Gasteiger partial charge in [-0.2, -0.15) is 0 Å². The van der Waals surface area contributed by atoms with Crippen molar-refractivity contribution >= 4 is 5.78 Å². The molecule has 1 heterocycles. The molecule has 2 fully saturated rings. The number of rotatable bonds is 12. The van der Waals surface area contributed by atoms with E-state index in [-0.39, 0.29) is 83.5 Å². The van der Waals surface area contributed by atoms with Crippen LogP contribution < -0.4 is 20.5 Å². The third-order valence-corrected chi connectivity index (χ3v) is 12.2. The minimum Gasteiger partial charge on any atom is -0.504 e. The molecule has 0 radical (unpaired) electrons. The highest BCUT2D eigenvalue weighted by Crippen LogP contribution is 2.63. The molecular formula is C42H52N2O7. The monoisotopic (exact) mass is 696 g/mol. The number of nitrogens with two attached hydrogens (primary N) is 1. The second-order valence-electron chi connectivity index (χ2n) is 15.1. The average molecular weight is 697 g/mol. The fourth-order valence-electron chi connectivity index (χ4n) is 9.75. The molecule has 1 saturated carbocycles. The van der Waals surface area contributed by atoms with Gasteiger partial charge in [0.2, 0.25) is 5.75 Å². The number of hydrogen-bond acceptors (Lipinski definition) is 9. The average Bonchev–Trinajstić information content (AvgIpc) is 3.44. The standard InChI is InChI=1S/C42H52N2O7/c43-25-50-37-21-26(10-14-34(37)46)9-12-29(45)23-35(47)31-13-11-27-22-33(42(17-5-2-6-18-42)28-7-3-1-4-8-28)39(31)32-24-36(48)40(49)41(38(27)32)51-30-15-19-44-20-16-30/h1,3-4,7-8,10-11,13-14,21,24,27,30-31,33,35,39,44,46-49H,2,5-6,9,12,15-20,22-23,25,43H2.